The smallest absolute Gasteiger partial charge is 0.231 e. The number of nitrogens with zero attached hydrogens (tertiary/aromatic N) is 2. The van der Waals surface area contributed by atoms with Crippen LogP contribution < -0.4 is 20.1 Å². The van der Waals surface area contributed by atoms with Gasteiger partial charge in [0.05, 0.1) is 19.8 Å². The average molecular weight is 538 g/mol. The predicted octanol–water partition coefficient (Wildman–Crippen LogP) is 3.12. The zero-order valence-electron chi connectivity index (χ0n) is 17.9. The van der Waals surface area contributed by atoms with Crippen molar-refractivity contribution in [1.82, 2.24) is 15.5 Å². The van der Waals surface area contributed by atoms with Gasteiger partial charge in [-0.05, 0) is 35.7 Å². The van der Waals surface area contributed by atoms with Gasteiger partial charge in [-0.3, -0.25) is 4.90 Å². The molecule has 0 spiro atoms. The number of rotatable bonds is 7. The van der Waals surface area contributed by atoms with E-state index in [0.29, 0.717) is 6.54 Å². The summed E-state index contributed by atoms with van der Waals surface area (Å²) in [6.07, 6.45) is 0. The molecule has 7 nitrogen and oxygen atoms in total. The van der Waals surface area contributed by atoms with Gasteiger partial charge in [0.25, 0.3) is 0 Å². The van der Waals surface area contributed by atoms with E-state index in [9.17, 15) is 0 Å². The van der Waals surface area contributed by atoms with Gasteiger partial charge in [-0.1, -0.05) is 30.3 Å². The molecule has 0 unspecified atom stereocenters. The molecule has 0 aromatic heterocycles. The molecule has 2 N–H and O–H groups in total. The van der Waals surface area contributed by atoms with Crippen LogP contribution >= 0.6 is 24.0 Å². The van der Waals surface area contributed by atoms with E-state index in [1.807, 2.05) is 18.2 Å². The molecule has 8 heteroatoms. The lowest BCUT2D eigenvalue weighted by atomic mass is 10.1. The minimum Gasteiger partial charge on any atom is -0.454 e. The fourth-order valence-electron chi connectivity index (χ4n) is 3.52. The largest absolute Gasteiger partial charge is 0.454 e. The Morgan fingerprint density at radius 3 is 2.42 bits per heavy atom. The summed E-state index contributed by atoms with van der Waals surface area (Å²) in [5, 5.41) is 6.72. The predicted molar refractivity (Wildman–Crippen MR) is 132 cm³/mol. The van der Waals surface area contributed by atoms with Crippen LogP contribution in [0.4, 0.5) is 0 Å². The Morgan fingerprint density at radius 2 is 1.65 bits per heavy atom. The molecular formula is C23H31IN4O3. The van der Waals surface area contributed by atoms with Crippen LogP contribution in [0.5, 0.6) is 11.5 Å². The van der Waals surface area contributed by atoms with Crippen LogP contribution in [-0.4, -0.2) is 50.5 Å². The number of fused-ring (bicyclic) bond motifs is 1. The molecule has 2 aliphatic heterocycles. The molecule has 31 heavy (non-hydrogen) atoms. The van der Waals surface area contributed by atoms with Crippen LogP contribution in [0, 0.1) is 0 Å². The molecule has 2 aromatic rings. The van der Waals surface area contributed by atoms with Crippen LogP contribution in [0.2, 0.25) is 0 Å². The van der Waals surface area contributed by atoms with Crippen LogP contribution in [0.3, 0.4) is 0 Å². The molecule has 2 aromatic carbocycles. The highest BCUT2D eigenvalue weighted by molar-refractivity contribution is 14.0. The fourth-order valence-corrected chi connectivity index (χ4v) is 3.52. The van der Waals surface area contributed by atoms with E-state index < -0.39 is 0 Å². The molecular weight excluding hydrogens is 507 g/mol. The van der Waals surface area contributed by atoms with E-state index in [1.165, 1.54) is 11.1 Å². The van der Waals surface area contributed by atoms with Gasteiger partial charge >= 0.3 is 0 Å². The van der Waals surface area contributed by atoms with E-state index >= 15 is 0 Å². The summed E-state index contributed by atoms with van der Waals surface area (Å²) < 4.78 is 16.2. The average Bonchev–Trinajstić information content (AvgIpc) is 3.25. The van der Waals surface area contributed by atoms with Gasteiger partial charge in [0.15, 0.2) is 17.5 Å². The highest BCUT2D eigenvalue weighted by Crippen LogP contribution is 2.32. The highest BCUT2D eigenvalue weighted by atomic mass is 127. The number of morpholine rings is 1. The Balaban J connectivity index is 0.00000272. The summed E-state index contributed by atoms with van der Waals surface area (Å²) in [7, 11) is 0. The summed E-state index contributed by atoms with van der Waals surface area (Å²) in [6, 6.07) is 14.7. The Hall–Kier alpha value is -2.04. The summed E-state index contributed by atoms with van der Waals surface area (Å²) >= 11 is 0. The maximum Gasteiger partial charge on any atom is 0.231 e. The number of hydrogen-bond acceptors (Lipinski definition) is 5. The van der Waals surface area contributed by atoms with Gasteiger partial charge in [-0.25, -0.2) is 4.99 Å². The lowest BCUT2D eigenvalue weighted by Crippen LogP contribution is -2.36. The number of benzene rings is 2. The Kier molecular flexibility index (Phi) is 9.23. The van der Waals surface area contributed by atoms with Crippen molar-refractivity contribution >= 4 is 29.9 Å². The third-order valence-corrected chi connectivity index (χ3v) is 5.19. The third-order valence-electron chi connectivity index (χ3n) is 5.19. The number of nitrogens with one attached hydrogen (secondary N) is 2. The second-order valence-electron chi connectivity index (χ2n) is 7.44. The second kappa shape index (κ2) is 12.1. The van der Waals surface area contributed by atoms with Crippen LogP contribution in [0.1, 0.15) is 23.6 Å². The minimum atomic E-state index is 0. The van der Waals surface area contributed by atoms with Crippen LogP contribution in [0.25, 0.3) is 0 Å². The standard InChI is InChI=1S/C23H30N4O3.HI/c1-2-24-23(26-15-20-7-8-21-22(13-20)30-17-29-21)25-14-18-3-5-19(6-4-18)16-27-9-11-28-12-10-27;/h3-8,13H,2,9-12,14-17H2,1H3,(H2,24,25,26);1H. The normalized spacial score (nSPS) is 16.0. The highest BCUT2D eigenvalue weighted by Gasteiger charge is 2.13. The summed E-state index contributed by atoms with van der Waals surface area (Å²) in [6.45, 7) is 9.14. The Morgan fingerprint density at radius 1 is 0.935 bits per heavy atom. The van der Waals surface area contributed by atoms with Crippen molar-refractivity contribution in [3.05, 3.63) is 59.2 Å². The molecule has 0 atom stereocenters. The SMILES string of the molecule is CCNC(=NCc1ccc2c(c1)OCO2)NCc1ccc(CN2CCOCC2)cc1.I. The van der Waals surface area contributed by atoms with Gasteiger partial charge in [0, 0.05) is 32.7 Å². The monoisotopic (exact) mass is 538 g/mol. The van der Waals surface area contributed by atoms with Crippen LogP contribution in [-0.2, 0) is 24.4 Å². The quantitative estimate of drug-likeness (QED) is 0.321. The molecule has 0 saturated carbocycles. The maximum atomic E-state index is 5.45. The first-order valence-corrected chi connectivity index (χ1v) is 10.6. The fraction of sp³-hybridized carbons (Fsp3) is 0.435. The molecule has 168 valence electrons. The molecule has 0 aliphatic carbocycles. The number of hydrogen-bond donors (Lipinski definition) is 2. The first-order chi connectivity index (χ1) is 14.8. The molecule has 2 heterocycles. The summed E-state index contributed by atoms with van der Waals surface area (Å²) in [4.78, 5) is 7.13. The van der Waals surface area contributed by atoms with Crippen molar-refractivity contribution in [3.63, 3.8) is 0 Å². The molecule has 0 bridgehead atoms. The second-order valence-corrected chi connectivity index (χ2v) is 7.44. The van der Waals surface area contributed by atoms with Gasteiger partial charge < -0.3 is 24.8 Å². The van der Waals surface area contributed by atoms with Crippen molar-refractivity contribution in [2.75, 3.05) is 39.6 Å². The minimum absolute atomic E-state index is 0. The van der Waals surface area contributed by atoms with Crippen molar-refractivity contribution < 1.29 is 14.2 Å². The molecule has 0 radical (unpaired) electrons. The molecule has 2 aliphatic rings. The third kappa shape index (κ3) is 6.98. The van der Waals surface area contributed by atoms with Crippen molar-refractivity contribution in [2.45, 2.75) is 26.6 Å². The van der Waals surface area contributed by atoms with Gasteiger partial charge in [-0.15, -0.1) is 24.0 Å². The number of aliphatic imine (C=N–C) groups is 1. The van der Waals surface area contributed by atoms with Crippen molar-refractivity contribution in [2.24, 2.45) is 4.99 Å². The Bertz CT molecular complexity index is 854. The molecule has 1 fully saturated rings. The van der Waals surface area contributed by atoms with Gasteiger partial charge in [0.1, 0.15) is 0 Å². The number of halogens is 1. The topological polar surface area (TPSA) is 67.4 Å². The summed E-state index contributed by atoms with van der Waals surface area (Å²) in [5.41, 5.74) is 3.65. The zero-order valence-corrected chi connectivity index (χ0v) is 20.3. The van der Waals surface area contributed by atoms with E-state index in [1.54, 1.807) is 0 Å². The van der Waals surface area contributed by atoms with E-state index in [4.69, 9.17) is 19.2 Å². The van der Waals surface area contributed by atoms with Gasteiger partial charge in [-0.2, -0.15) is 0 Å². The van der Waals surface area contributed by atoms with Crippen molar-refractivity contribution in [3.8, 4) is 11.5 Å². The first kappa shape index (κ1) is 23.6. The summed E-state index contributed by atoms with van der Waals surface area (Å²) in [5.74, 6) is 2.38. The molecule has 4 rings (SSSR count). The van der Waals surface area contributed by atoms with E-state index in [0.717, 1.165) is 69.0 Å². The number of ether oxygens (including phenoxy) is 3. The zero-order chi connectivity index (χ0) is 20.6. The molecule has 0 amide bonds. The van der Waals surface area contributed by atoms with E-state index in [2.05, 4.69) is 46.7 Å². The Labute approximate surface area is 201 Å². The first-order valence-electron chi connectivity index (χ1n) is 10.6. The lowest BCUT2D eigenvalue weighted by molar-refractivity contribution is 0.0342. The van der Waals surface area contributed by atoms with Crippen LogP contribution in [0.15, 0.2) is 47.5 Å². The number of guanidine groups is 1. The maximum absolute atomic E-state index is 5.45. The van der Waals surface area contributed by atoms with E-state index in [-0.39, 0.29) is 30.8 Å². The molecule has 1 saturated heterocycles. The lowest BCUT2D eigenvalue weighted by Gasteiger charge is -2.26. The van der Waals surface area contributed by atoms with Crippen molar-refractivity contribution in [1.29, 1.82) is 0 Å². The van der Waals surface area contributed by atoms with Gasteiger partial charge in [0.2, 0.25) is 6.79 Å².